The van der Waals surface area contributed by atoms with Crippen LogP contribution in [0.15, 0.2) is 40.2 Å². The van der Waals surface area contributed by atoms with E-state index >= 15 is 0 Å². The van der Waals surface area contributed by atoms with Gasteiger partial charge in [-0.05, 0) is 13.0 Å². The van der Waals surface area contributed by atoms with Gasteiger partial charge in [-0.3, -0.25) is 14.8 Å². The summed E-state index contributed by atoms with van der Waals surface area (Å²) in [6.45, 7) is 0.484. The van der Waals surface area contributed by atoms with E-state index < -0.39 is 41.9 Å². The molecule has 1 saturated heterocycles. The minimum absolute atomic E-state index is 0.0337. The quantitative estimate of drug-likeness (QED) is 0.569. The lowest BCUT2D eigenvalue weighted by Gasteiger charge is -2.19. The topological polar surface area (TPSA) is 117 Å². The number of aromatic nitrogens is 5. The van der Waals surface area contributed by atoms with Crippen LogP contribution in [-0.4, -0.2) is 50.0 Å². The molecule has 0 saturated carbocycles. The summed E-state index contributed by atoms with van der Waals surface area (Å²) in [6.07, 6.45) is -2.27. The highest BCUT2D eigenvalue weighted by molar-refractivity contribution is 5.61. The molecule has 0 radical (unpaired) electrons. The van der Waals surface area contributed by atoms with E-state index in [-0.39, 0.29) is 35.2 Å². The van der Waals surface area contributed by atoms with E-state index in [4.69, 9.17) is 4.74 Å². The molecule has 3 aromatic heterocycles. The van der Waals surface area contributed by atoms with Crippen LogP contribution in [0.5, 0.6) is 5.75 Å². The highest BCUT2D eigenvalue weighted by Gasteiger charge is 2.50. The lowest BCUT2D eigenvalue weighted by molar-refractivity contribution is -0.0595. The van der Waals surface area contributed by atoms with Gasteiger partial charge < -0.3 is 14.6 Å². The van der Waals surface area contributed by atoms with E-state index in [1.165, 1.54) is 30.2 Å². The molecule has 2 N–H and O–H groups in total. The molecule has 0 spiro atoms. The van der Waals surface area contributed by atoms with Gasteiger partial charge in [0, 0.05) is 24.5 Å². The number of aromatic amines is 2. The second-order valence-corrected chi connectivity index (χ2v) is 7.11. The Morgan fingerprint density at radius 1 is 1.25 bits per heavy atom. The van der Waals surface area contributed by atoms with Crippen molar-refractivity contribution in [2.45, 2.75) is 25.4 Å². The van der Waals surface area contributed by atoms with Crippen LogP contribution < -0.4 is 20.9 Å². The number of anilines is 1. The van der Waals surface area contributed by atoms with Gasteiger partial charge in [-0.1, -0.05) is 0 Å². The lowest BCUT2D eigenvalue weighted by Crippen LogP contribution is -2.36. The summed E-state index contributed by atoms with van der Waals surface area (Å²) >= 11 is 0. The molecule has 168 valence electrons. The van der Waals surface area contributed by atoms with Crippen molar-refractivity contribution in [3.05, 3.63) is 62.9 Å². The third kappa shape index (κ3) is 4.31. The molecule has 32 heavy (non-hydrogen) atoms. The van der Waals surface area contributed by atoms with Crippen molar-refractivity contribution in [3.63, 3.8) is 0 Å². The maximum absolute atomic E-state index is 14.7. The number of H-pyrrole nitrogens is 2. The number of hydrogen-bond acceptors (Lipinski definition) is 7. The summed E-state index contributed by atoms with van der Waals surface area (Å²) in [7, 11) is 0. The average Bonchev–Trinajstić information content (AvgIpc) is 3.02. The minimum atomic E-state index is -3.32. The second-order valence-electron chi connectivity index (χ2n) is 7.11. The Labute approximate surface area is 177 Å². The number of hydrogen-bond donors (Lipinski definition) is 2. The van der Waals surface area contributed by atoms with Gasteiger partial charge in [-0.15, -0.1) is 0 Å². The van der Waals surface area contributed by atoms with Crippen molar-refractivity contribution in [3.8, 4) is 17.0 Å². The van der Waals surface area contributed by atoms with Gasteiger partial charge in [-0.2, -0.15) is 0 Å². The average molecular weight is 452 g/mol. The molecule has 13 heteroatoms. The molecule has 1 unspecified atom stereocenters. The summed E-state index contributed by atoms with van der Waals surface area (Å²) < 4.78 is 60.3. The molecule has 1 fully saturated rings. The largest absolute Gasteiger partial charge is 0.482 e. The summed E-state index contributed by atoms with van der Waals surface area (Å²) in [6, 6.07) is 3.48. The molecule has 4 rings (SSSR count). The predicted molar refractivity (Wildman–Crippen MR) is 104 cm³/mol. The molecule has 1 aliphatic rings. The Morgan fingerprint density at radius 3 is 2.75 bits per heavy atom. The molecule has 1 aliphatic heterocycles. The maximum atomic E-state index is 14.7. The fourth-order valence-corrected chi connectivity index (χ4v) is 3.29. The van der Waals surface area contributed by atoms with Crippen LogP contribution in [-0.2, 0) is 0 Å². The first-order valence-electron chi connectivity index (χ1n) is 9.34. The number of ether oxygens (including phenoxy) is 1. The molecule has 0 amide bonds. The van der Waals surface area contributed by atoms with Crippen LogP contribution >= 0.6 is 0 Å². The molecule has 0 aromatic carbocycles. The van der Waals surface area contributed by atoms with Gasteiger partial charge in [-0.25, -0.2) is 32.3 Å². The zero-order valence-electron chi connectivity index (χ0n) is 16.5. The fourth-order valence-electron chi connectivity index (χ4n) is 3.29. The Kier molecular flexibility index (Phi) is 5.40. The normalized spacial score (nSPS) is 17.7. The summed E-state index contributed by atoms with van der Waals surface area (Å²) in [5.74, 6) is -3.14. The van der Waals surface area contributed by atoms with Crippen LogP contribution in [0, 0.1) is 6.92 Å². The molecule has 3 aromatic rings. The third-order valence-corrected chi connectivity index (χ3v) is 4.76. The zero-order valence-corrected chi connectivity index (χ0v) is 16.5. The number of alkyl halides is 4. The third-order valence-electron chi connectivity index (χ3n) is 4.76. The molecule has 9 nitrogen and oxygen atoms in total. The van der Waals surface area contributed by atoms with Crippen molar-refractivity contribution in [1.29, 1.82) is 0 Å². The zero-order chi connectivity index (χ0) is 23.0. The highest BCUT2D eigenvalue weighted by Crippen LogP contribution is 2.34. The number of nitrogens with one attached hydrogen (secondary N) is 2. The van der Waals surface area contributed by atoms with Crippen LogP contribution in [0.3, 0.4) is 0 Å². The fraction of sp³-hybridized carbons (Fsp3) is 0.316. The standard InChI is InChI=1S/C19H16F4N6O3/c1-9-26-12(11-6-25-18(31)28-17(11)30)5-15(27-9)29-7-14(19(22,23)8-29)32-10-2-3-24-13(4-10)16(20)21/h2-6,14,16H,7-8H2,1H3,(H2,25,28,30,31). The van der Waals surface area contributed by atoms with Crippen molar-refractivity contribution in [1.82, 2.24) is 24.9 Å². The number of rotatable bonds is 5. The van der Waals surface area contributed by atoms with Crippen molar-refractivity contribution in [2.24, 2.45) is 0 Å². The Balaban J connectivity index is 1.61. The van der Waals surface area contributed by atoms with Gasteiger partial charge in [0.15, 0.2) is 6.10 Å². The first kappa shape index (κ1) is 21.5. The number of pyridine rings is 1. The van der Waals surface area contributed by atoms with Crippen molar-refractivity contribution >= 4 is 5.82 Å². The summed E-state index contributed by atoms with van der Waals surface area (Å²) in [4.78, 5) is 40.7. The van der Waals surface area contributed by atoms with Crippen molar-refractivity contribution < 1.29 is 22.3 Å². The van der Waals surface area contributed by atoms with Crippen LogP contribution in [0.1, 0.15) is 17.9 Å². The lowest BCUT2D eigenvalue weighted by atomic mass is 10.2. The maximum Gasteiger partial charge on any atom is 0.325 e. The molecule has 1 atom stereocenters. The van der Waals surface area contributed by atoms with Crippen LogP contribution in [0.25, 0.3) is 11.3 Å². The molecular weight excluding hydrogens is 436 g/mol. The first-order chi connectivity index (χ1) is 15.1. The smallest absolute Gasteiger partial charge is 0.325 e. The van der Waals surface area contributed by atoms with Crippen LogP contribution in [0.4, 0.5) is 23.4 Å². The van der Waals surface area contributed by atoms with Gasteiger partial charge in [0.1, 0.15) is 23.1 Å². The van der Waals surface area contributed by atoms with E-state index in [9.17, 15) is 27.2 Å². The number of halogens is 4. The van der Waals surface area contributed by atoms with Gasteiger partial charge in [0.05, 0.1) is 24.3 Å². The predicted octanol–water partition coefficient (Wildman–Crippen LogP) is 2.06. The van der Waals surface area contributed by atoms with Crippen molar-refractivity contribution in [2.75, 3.05) is 18.0 Å². The monoisotopic (exact) mass is 452 g/mol. The van der Waals surface area contributed by atoms with Gasteiger partial charge >= 0.3 is 11.6 Å². The van der Waals surface area contributed by atoms with Gasteiger partial charge in [0.25, 0.3) is 12.0 Å². The highest BCUT2D eigenvalue weighted by atomic mass is 19.3. The molecule has 0 aliphatic carbocycles. The van der Waals surface area contributed by atoms with E-state index in [1.807, 2.05) is 0 Å². The van der Waals surface area contributed by atoms with E-state index in [2.05, 4.69) is 24.9 Å². The first-order valence-corrected chi connectivity index (χ1v) is 9.34. The van der Waals surface area contributed by atoms with Gasteiger partial charge in [0.2, 0.25) is 0 Å². The van der Waals surface area contributed by atoms with E-state index in [0.29, 0.717) is 0 Å². The summed E-state index contributed by atoms with van der Waals surface area (Å²) in [5.41, 5.74) is -1.81. The van der Waals surface area contributed by atoms with E-state index in [1.54, 1.807) is 0 Å². The van der Waals surface area contributed by atoms with E-state index in [0.717, 1.165) is 12.3 Å². The SMILES string of the molecule is Cc1nc(-c2c[nH]c(=O)[nH]c2=O)cc(N2CC(Oc3ccnc(C(F)F)c3)C(F)(F)C2)n1. The minimum Gasteiger partial charge on any atom is -0.482 e. The Morgan fingerprint density at radius 2 is 2.03 bits per heavy atom. The summed E-state index contributed by atoms with van der Waals surface area (Å²) in [5, 5.41) is 0. The Hall–Kier alpha value is -3.77. The molecule has 0 bridgehead atoms. The molecular formula is C19H16F4N6O3. The number of aryl methyl sites for hydroxylation is 1. The second kappa shape index (κ2) is 8.05. The Bertz CT molecular complexity index is 1260. The van der Waals surface area contributed by atoms with Crippen LogP contribution in [0.2, 0.25) is 0 Å². The number of nitrogens with zero attached hydrogens (tertiary/aromatic N) is 4. The molecule has 4 heterocycles.